The van der Waals surface area contributed by atoms with Crippen molar-refractivity contribution in [1.29, 1.82) is 0 Å². The van der Waals surface area contributed by atoms with Gasteiger partial charge in [0.2, 0.25) is 0 Å². The van der Waals surface area contributed by atoms with E-state index in [4.69, 9.17) is 6.42 Å². The molecule has 1 unspecified atom stereocenters. The lowest BCUT2D eigenvalue weighted by atomic mass is 9.97. The molecule has 0 saturated carbocycles. The summed E-state index contributed by atoms with van der Waals surface area (Å²) in [6.07, 6.45) is 9.04. The molecule has 1 saturated heterocycles. The van der Waals surface area contributed by atoms with Gasteiger partial charge < -0.3 is 5.32 Å². The first-order valence-corrected chi connectivity index (χ1v) is 6.59. The molecule has 2 nitrogen and oxygen atoms in total. The molecule has 16 heavy (non-hydrogen) atoms. The van der Waals surface area contributed by atoms with E-state index in [2.05, 4.69) is 36.9 Å². The van der Waals surface area contributed by atoms with Crippen molar-refractivity contribution in [2.45, 2.75) is 52.1 Å². The second kappa shape index (κ2) is 6.93. The number of piperidine rings is 1. The molecule has 92 valence electrons. The van der Waals surface area contributed by atoms with Crippen molar-refractivity contribution in [2.24, 2.45) is 5.92 Å². The highest BCUT2D eigenvalue weighted by Gasteiger charge is 2.21. The zero-order chi connectivity index (χ0) is 12.0. The van der Waals surface area contributed by atoms with Crippen molar-refractivity contribution in [3.8, 4) is 12.3 Å². The summed E-state index contributed by atoms with van der Waals surface area (Å²) in [7, 11) is 0. The predicted molar refractivity (Wildman–Crippen MR) is 70.3 cm³/mol. The average Bonchev–Trinajstić information content (AvgIpc) is 2.28. The Labute approximate surface area is 101 Å². The van der Waals surface area contributed by atoms with Crippen molar-refractivity contribution < 1.29 is 0 Å². The fourth-order valence-electron chi connectivity index (χ4n) is 2.47. The Balaban J connectivity index is 2.28. The smallest absolute Gasteiger partial charge is 0.0598 e. The van der Waals surface area contributed by atoms with Crippen LogP contribution in [-0.4, -0.2) is 36.6 Å². The summed E-state index contributed by atoms with van der Waals surface area (Å²) in [5.41, 5.74) is 0. The Bertz CT molecular complexity index is 221. The number of hydrogen-bond acceptors (Lipinski definition) is 2. The Kier molecular flexibility index (Phi) is 5.87. The maximum atomic E-state index is 5.33. The third-order valence-electron chi connectivity index (χ3n) is 3.60. The summed E-state index contributed by atoms with van der Waals surface area (Å²) in [6.45, 7) is 9.98. The van der Waals surface area contributed by atoms with E-state index in [1.807, 2.05) is 0 Å². The van der Waals surface area contributed by atoms with E-state index in [1.165, 1.54) is 19.3 Å². The van der Waals surface area contributed by atoms with Crippen molar-refractivity contribution in [3.05, 3.63) is 0 Å². The molecule has 0 aromatic carbocycles. The van der Waals surface area contributed by atoms with E-state index in [1.54, 1.807) is 0 Å². The van der Waals surface area contributed by atoms with Crippen LogP contribution in [0.15, 0.2) is 0 Å². The van der Waals surface area contributed by atoms with Crippen molar-refractivity contribution >= 4 is 0 Å². The summed E-state index contributed by atoms with van der Waals surface area (Å²) >= 11 is 0. The lowest BCUT2D eigenvalue weighted by Gasteiger charge is -2.34. The minimum atomic E-state index is 0.671. The summed E-state index contributed by atoms with van der Waals surface area (Å²) < 4.78 is 0. The molecule has 1 atom stereocenters. The van der Waals surface area contributed by atoms with Gasteiger partial charge in [0.05, 0.1) is 6.54 Å². The monoisotopic (exact) mass is 222 g/mol. The molecule has 0 spiro atoms. The molecule has 2 heteroatoms. The minimum absolute atomic E-state index is 0.671. The summed E-state index contributed by atoms with van der Waals surface area (Å²) in [5, 5.41) is 3.79. The van der Waals surface area contributed by atoms with Gasteiger partial charge in [-0.05, 0) is 25.2 Å². The highest BCUT2D eigenvalue weighted by Crippen LogP contribution is 2.14. The lowest BCUT2D eigenvalue weighted by Crippen LogP contribution is -2.47. The zero-order valence-corrected chi connectivity index (χ0v) is 11.0. The molecule has 1 rings (SSSR count). The van der Waals surface area contributed by atoms with Gasteiger partial charge in [-0.2, -0.15) is 0 Å². The van der Waals surface area contributed by atoms with Gasteiger partial charge in [0.1, 0.15) is 0 Å². The molecule has 0 radical (unpaired) electrons. The summed E-state index contributed by atoms with van der Waals surface area (Å²) in [5.74, 6) is 3.46. The fourth-order valence-corrected chi connectivity index (χ4v) is 2.47. The van der Waals surface area contributed by atoms with E-state index in [0.29, 0.717) is 12.1 Å². The van der Waals surface area contributed by atoms with Crippen LogP contribution in [0.1, 0.15) is 40.0 Å². The summed E-state index contributed by atoms with van der Waals surface area (Å²) in [6, 6.07) is 1.37. The Morgan fingerprint density at radius 3 is 2.44 bits per heavy atom. The van der Waals surface area contributed by atoms with Crippen molar-refractivity contribution in [2.75, 3.05) is 19.6 Å². The van der Waals surface area contributed by atoms with Crippen LogP contribution in [0.5, 0.6) is 0 Å². The van der Waals surface area contributed by atoms with Crippen LogP contribution >= 0.6 is 0 Å². The predicted octanol–water partition coefficient (Wildman–Crippen LogP) is 2.11. The molecule has 1 aliphatic heterocycles. The lowest BCUT2D eigenvalue weighted by molar-refractivity contribution is 0.199. The van der Waals surface area contributed by atoms with Crippen LogP contribution in [0, 0.1) is 18.3 Å². The minimum Gasteiger partial charge on any atom is -0.311 e. The number of hydrogen-bond donors (Lipinski definition) is 1. The standard InChI is InChI=1S/C14H26N2/c1-5-9-16-10-7-13(8-11-16)15-14(6-2)12(3)4/h1,12-15H,6-11H2,2-4H3. The van der Waals surface area contributed by atoms with E-state index in [-0.39, 0.29) is 0 Å². The van der Waals surface area contributed by atoms with Crippen LogP contribution in [-0.2, 0) is 0 Å². The quantitative estimate of drug-likeness (QED) is 0.717. The SMILES string of the molecule is C#CCN1CCC(NC(CC)C(C)C)CC1. The number of nitrogens with one attached hydrogen (secondary N) is 1. The molecular weight excluding hydrogens is 196 g/mol. The van der Waals surface area contributed by atoms with Gasteiger partial charge in [-0.25, -0.2) is 0 Å². The molecule has 1 heterocycles. The highest BCUT2D eigenvalue weighted by molar-refractivity contribution is 4.91. The molecule has 1 aliphatic rings. The van der Waals surface area contributed by atoms with E-state index < -0.39 is 0 Å². The van der Waals surface area contributed by atoms with Gasteiger partial charge >= 0.3 is 0 Å². The topological polar surface area (TPSA) is 15.3 Å². The van der Waals surface area contributed by atoms with Crippen LogP contribution in [0.3, 0.4) is 0 Å². The van der Waals surface area contributed by atoms with Crippen LogP contribution < -0.4 is 5.32 Å². The van der Waals surface area contributed by atoms with Gasteiger partial charge in [0, 0.05) is 25.2 Å². The molecule has 0 aromatic heterocycles. The van der Waals surface area contributed by atoms with Gasteiger partial charge in [-0.3, -0.25) is 4.90 Å². The van der Waals surface area contributed by atoms with Crippen molar-refractivity contribution in [3.63, 3.8) is 0 Å². The first-order chi connectivity index (χ1) is 7.67. The molecule has 0 amide bonds. The maximum absolute atomic E-state index is 5.33. The normalized spacial score (nSPS) is 20.9. The van der Waals surface area contributed by atoms with Gasteiger partial charge in [-0.15, -0.1) is 6.42 Å². The Morgan fingerprint density at radius 1 is 1.38 bits per heavy atom. The second-order valence-electron chi connectivity index (χ2n) is 5.18. The molecule has 0 aliphatic carbocycles. The molecule has 1 N–H and O–H groups in total. The highest BCUT2D eigenvalue weighted by atomic mass is 15.1. The average molecular weight is 222 g/mol. The number of rotatable bonds is 5. The first kappa shape index (κ1) is 13.5. The van der Waals surface area contributed by atoms with Crippen LogP contribution in [0.4, 0.5) is 0 Å². The van der Waals surface area contributed by atoms with Gasteiger partial charge in [0.15, 0.2) is 0 Å². The third kappa shape index (κ3) is 4.15. The van der Waals surface area contributed by atoms with Crippen LogP contribution in [0.25, 0.3) is 0 Å². The number of nitrogens with zero attached hydrogens (tertiary/aromatic N) is 1. The number of likely N-dealkylation sites (tertiary alicyclic amines) is 1. The summed E-state index contributed by atoms with van der Waals surface area (Å²) in [4.78, 5) is 2.37. The molecule has 1 fully saturated rings. The maximum Gasteiger partial charge on any atom is 0.0598 e. The fraction of sp³-hybridized carbons (Fsp3) is 0.857. The van der Waals surface area contributed by atoms with Gasteiger partial charge in [0.25, 0.3) is 0 Å². The largest absolute Gasteiger partial charge is 0.311 e. The molecular formula is C14H26N2. The molecule has 0 bridgehead atoms. The second-order valence-corrected chi connectivity index (χ2v) is 5.18. The van der Waals surface area contributed by atoms with Crippen LogP contribution in [0.2, 0.25) is 0 Å². The molecule has 0 aromatic rings. The van der Waals surface area contributed by atoms with E-state index in [9.17, 15) is 0 Å². The first-order valence-electron chi connectivity index (χ1n) is 6.59. The van der Waals surface area contributed by atoms with Gasteiger partial charge in [-0.1, -0.05) is 26.7 Å². The van der Waals surface area contributed by atoms with E-state index >= 15 is 0 Å². The zero-order valence-electron chi connectivity index (χ0n) is 11.0. The third-order valence-corrected chi connectivity index (χ3v) is 3.60. The number of terminal acetylenes is 1. The van der Waals surface area contributed by atoms with E-state index in [0.717, 1.165) is 25.6 Å². The van der Waals surface area contributed by atoms with Crippen molar-refractivity contribution in [1.82, 2.24) is 10.2 Å². The Morgan fingerprint density at radius 2 is 2.00 bits per heavy atom. The Hall–Kier alpha value is -0.520.